The maximum atomic E-state index is 13.0. The zero-order valence-electron chi connectivity index (χ0n) is 54.9. The molecule has 0 aliphatic heterocycles. The van der Waals surface area contributed by atoms with Crippen molar-refractivity contribution in [2.45, 2.75) is 361 Å². The summed E-state index contributed by atoms with van der Waals surface area (Å²) in [5.41, 5.74) is 0. The van der Waals surface area contributed by atoms with Crippen LogP contribution < -0.4 is 0 Å². The smallest absolute Gasteiger partial charge is 0.306 e. The summed E-state index contributed by atoms with van der Waals surface area (Å²) in [4.78, 5) is 38.5. The molecule has 478 valence electrons. The number of carbonyl (C=O) groups is 3. The van der Waals surface area contributed by atoms with Crippen LogP contribution in [0.15, 0.2) is 97.2 Å². The van der Waals surface area contributed by atoms with Crippen molar-refractivity contribution < 1.29 is 28.6 Å². The molecule has 0 bridgehead atoms. The summed E-state index contributed by atoms with van der Waals surface area (Å²) in [6.45, 7) is 6.55. The van der Waals surface area contributed by atoms with E-state index < -0.39 is 6.10 Å². The first-order valence-corrected chi connectivity index (χ1v) is 35.7. The molecule has 0 aromatic heterocycles. The third kappa shape index (κ3) is 69.0. The van der Waals surface area contributed by atoms with Gasteiger partial charge in [-0.3, -0.25) is 14.4 Å². The minimum Gasteiger partial charge on any atom is -0.462 e. The maximum absolute atomic E-state index is 13.0. The fourth-order valence-electron chi connectivity index (χ4n) is 10.2. The largest absolute Gasteiger partial charge is 0.462 e. The average Bonchev–Trinajstić information content (AvgIpc) is 3.49. The lowest BCUT2D eigenvalue weighted by Gasteiger charge is -2.18. The van der Waals surface area contributed by atoms with Crippen molar-refractivity contribution in [1.82, 2.24) is 0 Å². The SMILES string of the molecule is CC/C=C\C/C=C\C/C=C\C/C=C\C/C=C\C/C=C\CCCCCCCCCCCCCCC(=O)OCC(COC(=O)CCCCCCCCCCCCCCCCC)OC(=O)CCCCCCCCCCC/C=C\C/C=C\CCCCC. The van der Waals surface area contributed by atoms with Gasteiger partial charge in [-0.25, -0.2) is 0 Å². The van der Waals surface area contributed by atoms with E-state index in [1.54, 1.807) is 0 Å². The van der Waals surface area contributed by atoms with Crippen molar-refractivity contribution in [3.05, 3.63) is 97.2 Å². The van der Waals surface area contributed by atoms with E-state index in [-0.39, 0.29) is 31.1 Å². The van der Waals surface area contributed by atoms with E-state index in [0.29, 0.717) is 19.3 Å². The van der Waals surface area contributed by atoms with Gasteiger partial charge in [-0.05, 0) is 103 Å². The molecule has 0 heterocycles. The first-order chi connectivity index (χ1) is 41.0. The lowest BCUT2D eigenvalue weighted by atomic mass is 10.0. The Morgan fingerprint density at radius 2 is 0.470 bits per heavy atom. The number of allylic oxidation sites excluding steroid dienone is 16. The van der Waals surface area contributed by atoms with Gasteiger partial charge in [0.25, 0.3) is 0 Å². The minimum atomic E-state index is -0.780. The normalized spacial score (nSPS) is 12.7. The number of rotatable bonds is 65. The van der Waals surface area contributed by atoms with Gasteiger partial charge < -0.3 is 14.2 Å². The number of hydrogen-bond donors (Lipinski definition) is 0. The molecule has 1 unspecified atom stereocenters. The number of ether oxygens (including phenoxy) is 3. The second-order valence-electron chi connectivity index (χ2n) is 23.8. The number of carbonyl (C=O) groups excluding carboxylic acids is 3. The van der Waals surface area contributed by atoms with Crippen molar-refractivity contribution >= 4 is 17.9 Å². The van der Waals surface area contributed by atoms with Crippen LogP contribution in [0, 0.1) is 0 Å². The van der Waals surface area contributed by atoms with E-state index >= 15 is 0 Å². The van der Waals surface area contributed by atoms with E-state index in [0.717, 1.165) is 103 Å². The molecule has 0 aromatic carbocycles. The highest BCUT2D eigenvalue weighted by atomic mass is 16.6. The topological polar surface area (TPSA) is 78.9 Å². The highest BCUT2D eigenvalue weighted by Gasteiger charge is 2.19. The molecule has 1 atom stereocenters. The standard InChI is InChI=1S/C77H134O6/c1-4-7-10-13-16-19-22-25-28-30-32-33-34-35-36-37-38-39-40-41-42-43-45-46-49-52-55-58-61-64-67-70-76(79)82-73-74(72-81-75(78)69-66-63-60-57-54-51-48-27-24-21-18-15-12-9-6-3)83-77(80)71-68-65-62-59-56-53-50-47-44-31-29-26-23-20-17-14-11-8-5-2/h7,10,16-17,19-20,25-26,28-29,32-33,35-36,38-39,74H,4-6,8-9,11-15,18,21-24,27,30-31,34,37,40-73H2,1-3H3/b10-7-,19-16-,20-17-,28-25-,29-26-,33-32-,36-35-,39-38-. The summed E-state index contributed by atoms with van der Waals surface area (Å²) in [6, 6.07) is 0. The van der Waals surface area contributed by atoms with E-state index in [1.807, 2.05) is 0 Å². The van der Waals surface area contributed by atoms with Crippen LogP contribution in [0.4, 0.5) is 0 Å². The highest BCUT2D eigenvalue weighted by molar-refractivity contribution is 5.71. The van der Waals surface area contributed by atoms with Crippen molar-refractivity contribution in [3.8, 4) is 0 Å². The van der Waals surface area contributed by atoms with Gasteiger partial charge >= 0.3 is 17.9 Å². The number of hydrogen-bond acceptors (Lipinski definition) is 6. The Hall–Kier alpha value is -3.67. The summed E-state index contributed by atoms with van der Waals surface area (Å²) in [6.07, 6.45) is 95.7. The molecule has 0 aliphatic rings. The van der Waals surface area contributed by atoms with Crippen LogP contribution in [0.5, 0.6) is 0 Å². The molecule has 0 N–H and O–H groups in total. The molecular formula is C77H134O6. The predicted octanol–water partition coefficient (Wildman–Crippen LogP) is 24.8. The molecule has 0 radical (unpaired) electrons. The minimum absolute atomic E-state index is 0.0749. The second kappa shape index (κ2) is 70.8. The maximum Gasteiger partial charge on any atom is 0.306 e. The quantitative estimate of drug-likeness (QED) is 0.0261. The molecule has 0 fully saturated rings. The molecule has 0 aromatic rings. The van der Waals surface area contributed by atoms with Gasteiger partial charge in [0.05, 0.1) is 0 Å². The van der Waals surface area contributed by atoms with Crippen LogP contribution in [0.1, 0.15) is 355 Å². The lowest BCUT2D eigenvalue weighted by Crippen LogP contribution is -2.30. The summed E-state index contributed by atoms with van der Waals surface area (Å²) in [5, 5.41) is 0. The molecule has 6 heteroatoms. The first kappa shape index (κ1) is 79.3. The van der Waals surface area contributed by atoms with Gasteiger partial charge in [0.15, 0.2) is 6.10 Å². The molecule has 6 nitrogen and oxygen atoms in total. The Balaban J connectivity index is 4.27. The number of unbranched alkanes of at least 4 members (excludes halogenated alkanes) is 38. The zero-order chi connectivity index (χ0) is 59.9. The molecule has 0 aliphatic carbocycles. The molecule has 83 heavy (non-hydrogen) atoms. The van der Waals surface area contributed by atoms with E-state index in [4.69, 9.17) is 14.2 Å². The lowest BCUT2D eigenvalue weighted by molar-refractivity contribution is -0.167. The van der Waals surface area contributed by atoms with Gasteiger partial charge in [0.1, 0.15) is 13.2 Å². The van der Waals surface area contributed by atoms with E-state index in [2.05, 4.69) is 118 Å². The predicted molar refractivity (Wildman–Crippen MR) is 362 cm³/mol. The summed E-state index contributed by atoms with van der Waals surface area (Å²) in [7, 11) is 0. The fraction of sp³-hybridized carbons (Fsp3) is 0.753. The molecule has 0 amide bonds. The van der Waals surface area contributed by atoms with Crippen molar-refractivity contribution in [3.63, 3.8) is 0 Å². The molecule has 0 spiro atoms. The second-order valence-corrected chi connectivity index (χ2v) is 23.8. The Morgan fingerprint density at radius 1 is 0.253 bits per heavy atom. The third-order valence-corrected chi connectivity index (χ3v) is 15.6. The Morgan fingerprint density at radius 3 is 0.759 bits per heavy atom. The fourth-order valence-corrected chi connectivity index (χ4v) is 10.2. The third-order valence-electron chi connectivity index (χ3n) is 15.6. The Kier molecular flexibility index (Phi) is 67.7. The van der Waals surface area contributed by atoms with Crippen molar-refractivity contribution in [2.75, 3.05) is 13.2 Å². The van der Waals surface area contributed by atoms with Crippen molar-refractivity contribution in [2.24, 2.45) is 0 Å². The molecular weight excluding hydrogens is 1020 g/mol. The van der Waals surface area contributed by atoms with Crippen LogP contribution in [-0.4, -0.2) is 37.2 Å². The van der Waals surface area contributed by atoms with Crippen LogP contribution in [0.3, 0.4) is 0 Å². The van der Waals surface area contributed by atoms with Gasteiger partial charge in [-0.1, -0.05) is 330 Å². The van der Waals surface area contributed by atoms with Gasteiger partial charge in [-0.15, -0.1) is 0 Å². The first-order valence-electron chi connectivity index (χ1n) is 35.7. The van der Waals surface area contributed by atoms with Crippen molar-refractivity contribution in [1.29, 1.82) is 0 Å². The highest BCUT2D eigenvalue weighted by Crippen LogP contribution is 2.17. The molecule has 0 saturated heterocycles. The monoisotopic (exact) mass is 1160 g/mol. The van der Waals surface area contributed by atoms with Crippen LogP contribution in [0.2, 0.25) is 0 Å². The summed E-state index contributed by atoms with van der Waals surface area (Å²) >= 11 is 0. The number of esters is 3. The van der Waals surface area contributed by atoms with Crippen LogP contribution in [0.25, 0.3) is 0 Å². The summed E-state index contributed by atoms with van der Waals surface area (Å²) in [5.74, 6) is -0.862. The van der Waals surface area contributed by atoms with Gasteiger partial charge in [0.2, 0.25) is 0 Å². The van der Waals surface area contributed by atoms with E-state index in [1.165, 1.54) is 212 Å². The Bertz CT molecular complexity index is 1610. The van der Waals surface area contributed by atoms with Crippen LogP contribution in [-0.2, 0) is 28.6 Å². The molecule has 0 saturated carbocycles. The molecule has 0 rings (SSSR count). The van der Waals surface area contributed by atoms with Gasteiger partial charge in [0, 0.05) is 19.3 Å². The van der Waals surface area contributed by atoms with Crippen LogP contribution >= 0.6 is 0 Å². The Labute approximate surface area is 515 Å². The average molecular weight is 1160 g/mol. The summed E-state index contributed by atoms with van der Waals surface area (Å²) < 4.78 is 17.0. The van der Waals surface area contributed by atoms with Gasteiger partial charge in [-0.2, -0.15) is 0 Å². The van der Waals surface area contributed by atoms with E-state index in [9.17, 15) is 14.4 Å². The zero-order valence-corrected chi connectivity index (χ0v) is 54.9.